The molecule has 8 heteroatoms. The van der Waals surface area contributed by atoms with Crippen LogP contribution in [-0.4, -0.2) is 29.1 Å². The monoisotopic (exact) mass is 451 g/mol. The van der Waals surface area contributed by atoms with Crippen molar-refractivity contribution in [2.24, 2.45) is 5.92 Å². The minimum absolute atomic E-state index is 0.0350. The maximum atomic E-state index is 14.0. The van der Waals surface area contributed by atoms with E-state index in [9.17, 15) is 9.18 Å². The Labute approximate surface area is 193 Å². The first-order chi connectivity index (χ1) is 16.0. The smallest absolute Gasteiger partial charge is 0.322 e. The molecule has 5 rings (SSSR count). The summed E-state index contributed by atoms with van der Waals surface area (Å²) < 4.78 is 19.7. The van der Waals surface area contributed by atoms with Crippen molar-refractivity contribution in [2.45, 2.75) is 51.7 Å². The summed E-state index contributed by atoms with van der Waals surface area (Å²) in [5, 5.41) is 2.98. The van der Waals surface area contributed by atoms with Gasteiger partial charge in [-0.15, -0.1) is 0 Å². The van der Waals surface area contributed by atoms with Crippen LogP contribution >= 0.6 is 0 Å². The Hall–Kier alpha value is -2.97. The highest BCUT2D eigenvalue weighted by Crippen LogP contribution is 2.33. The summed E-state index contributed by atoms with van der Waals surface area (Å²) in [5.41, 5.74) is 11.9. The molecule has 0 spiro atoms. The Balaban J connectivity index is 1.12. The maximum absolute atomic E-state index is 14.0. The summed E-state index contributed by atoms with van der Waals surface area (Å²) in [6.45, 7) is 4.35. The molecule has 2 saturated carbocycles. The standard InChI is InChI=1S/C25H30FN5O2/c1-16(21-6-7-22(26)24(9-21)33-15-17-2-3-17)30-28-12-18-8-19(11-27-10-18)13-31-14-23(20-4-5-20)29-25(31)32/h6-11,16-17,28,30H,2-5,12-15H2,1H3,(H,29,32). The van der Waals surface area contributed by atoms with Crippen LogP contribution in [0.3, 0.4) is 0 Å². The van der Waals surface area contributed by atoms with Crippen LogP contribution < -0.4 is 20.9 Å². The lowest BCUT2D eigenvalue weighted by atomic mass is 10.1. The van der Waals surface area contributed by atoms with Gasteiger partial charge in [-0.2, -0.15) is 0 Å². The number of carbonyl (C=O) groups excluding carboxylic acids is 1. The molecule has 1 unspecified atom stereocenters. The van der Waals surface area contributed by atoms with Crippen LogP contribution in [0, 0.1) is 11.7 Å². The summed E-state index contributed by atoms with van der Waals surface area (Å²) >= 11 is 0. The third-order valence-electron chi connectivity index (χ3n) is 6.28. The van der Waals surface area contributed by atoms with Gasteiger partial charge in [0.05, 0.1) is 13.2 Å². The van der Waals surface area contributed by atoms with Crippen LogP contribution in [0.2, 0.25) is 0 Å². The van der Waals surface area contributed by atoms with E-state index in [1.54, 1.807) is 18.3 Å². The van der Waals surface area contributed by atoms with Gasteiger partial charge in [-0.05, 0) is 79.0 Å². The van der Waals surface area contributed by atoms with Crippen molar-refractivity contribution in [3.63, 3.8) is 0 Å². The third-order valence-corrected chi connectivity index (χ3v) is 6.28. The predicted molar refractivity (Wildman–Crippen MR) is 122 cm³/mol. The number of pyridine rings is 1. The zero-order chi connectivity index (χ0) is 22.8. The molecular formula is C25H30FN5O2. The number of carbonyl (C=O) groups is 1. The highest BCUT2D eigenvalue weighted by atomic mass is 19.1. The largest absolute Gasteiger partial charge is 0.490 e. The molecule has 2 aliphatic carbocycles. The molecule has 2 amide bonds. The molecule has 33 heavy (non-hydrogen) atoms. The predicted octanol–water partition coefficient (Wildman–Crippen LogP) is 3.94. The average Bonchev–Trinajstić information content (AvgIpc) is 3.73. The lowest BCUT2D eigenvalue weighted by Gasteiger charge is -2.17. The number of nitrogens with zero attached hydrogens (tertiary/aromatic N) is 2. The second kappa shape index (κ2) is 9.49. The van der Waals surface area contributed by atoms with E-state index in [0.29, 0.717) is 37.9 Å². The van der Waals surface area contributed by atoms with Gasteiger partial charge in [0.2, 0.25) is 0 Å². The number of hydrogen-bond acceptors (Lipinski definition) is 5. The van der Waals surface area contributed by atoms with E-state index in [4.69, 9.17) is 4.74 Å². The van der Waals surface area contributed by atoms with E-state index in [-0.39, 0.29) is 17.9 Å². The minimum Gasteiger partial charge on any atom is -0.490 e. The third kappa shape index (κ3) is 5.69. The lowest BCUT2D eigenvalue weighted by Crippen LogP contribution is -2.33. The zero-order valence-corrected chi connectivity index (χ0v) is 18.9. The molecule has 3 aliphatic rings. The fraction of sp³-hybridized carbons (Fsp3) is 0.440. The molecule has 1 atom stereocenters. The van der Waals surface area contributed by atoms with E-state index in [2.05, 4.69) is 27.2 Å². The van der Waals surface area contributed by atoms with Crippen LogP contribution in [-0.2, 0) is 13.1 Å². The fourth-order valence-electron chi connectivity index (χ4n) is 3.93. The number of aromatic nitrogens is 1. The van der Waals surface area contributed by atoms with Crippen LogP contribution in [0.4, 0.5) is 9.18 Å². The maximum Gasteiger partial charge on any atom is 0.322 e. The number of nitrogens with one attached hydrogen (secondary N) is 3. The summed E-state index contributed by atoms with van der Waals surface area (Å²) in [6.07, 6.45) is 8.16. The van der Waals surface area contributed by atoms with E-state index in [0.717, 1.165) is 35.2 Å². The molecular weight excluding hydrogens is 421 g/mol. The molecule has 174 valence electrons. The van der Waals surface area contributed by atoms with Crippen LogP contribution in [0.25, 0.3) is 0 Å². The van der Waals surface area contributed by atoms with Crippen molar-refractivity contribution < 1.29 is 13.9 Å². The molecule has 2 aromatic rings. The Bertz CT molecular complexity index is 1060. The van der Waals surface area contributed by atoms with Crippen molar-refractivity contribution in [3.8, 4) is 5.75 Å². The normalized spacial score (nSPS) is 18.5. The molecule has 1 aliphatic heterocycles. The number of rotatable bonds is 10. The molecule has 0 radical (unpaired) electrons. The molecule has 0 bridgehead atoms. The summed E-state index contributed by atoms with van der Waals surface area (Å²) in [7, 11) is 0. The quantitative estimate of drug-likeness (QED) is 0.477. The second-order valence-electron chi connectivity index (χ2n) is 9.23. The topological polar surface area (TPSA) is 78.5 Å². The highest BCUT2D eigenvalue weighted by Gasteiger charge is 2.29. The lowest BCUT2D eigenvalue weighted by molar-refractivity contribution is 0.215. The highest BCUT2D eigenvalue weighted by molar-refractivity contribution is 5.80. The van der Waals surface area contributed by atoms with Crippen molar-refractivity contribution in [2.75, 3.05) is 13.2 Å². The number of urea groups is 1. The van der Waals surface area contributed by atoms with Gasteiger partial charge in [0.15, 0.2) is 11.6 Å². The summed E-state index contributed by atoms with van der Waals surface area (Å²) in [5.74, 6) is 0.567. The minimum atomic E-state index is -0.324. The average molecular weight is 452 g/mol. The molecule has 1 aromatic carbocycles. The SMILES string of the molecule is CC(NNCc1cncc(CN2CC(=C3CC3)NC2=O)c1)c1ccc(F)c(OCC2CC2)c1. The van der Waals surface area contributed by atoms with Crippen LogP contribution in [0.5, 0.6) is 5.75 Å². The summed E-state index contributed by atoms with van der Waals surface area (Å²) in [4.78, 5) is 18.4. The van der Waals surface area contributed by atoms with Gasteiger partial charge in [-0.1, -0.05) is 6.07 Å². The van der Waals surface area contributed by atoms with Crippen molar-refractivity contribution in [1.82, 2.24) is 26.1 Å². The van der Waals surface area contributed by atoms with Gasteiger partial charge in [-0.3, -0.25) is 15.8 Å². The second-order valence-corrected chi connectivity index (χ2v) is 9.23. The number of ether oxygens (including phenoxy) is 1. The molecule has 3 N–H and O–H groups in total. The Morgan fingerprint density at radius 3 is 2.85 bits per heavy atom. The molecule has 2 heterocycles. The van der Waals surface area contributed by atoms with Crippen molar-refractivity contribution in [1.29, 1.82) is 0 Å². The van der Waals surface area contributed by atoms with Gasteiger partial charge >= 0.3 is 6.03 Å². The Kier molecular flexibility index (Phi) is 6.28. The Morgan fingerprint density at radius 1 is 1.24 bits per heavy atom. The van der Waals surface area contributed by atoms with E-state index < -0.39 is 0 Å². The number of benzene rings is 1. The first-order valence-electron chi connectivity index (χ1n) is 11.7. The van der Waals surface area contributed by atoms with Crippen LogP contribution in [0.15, 0.2) is 47.9 Å². The molecule has 1 saturated heterocycles. The molecule has 3 fully saturated rings. The van der Waals surface area contributed by atoms with Gasteiger partial charge < -0.3 is 15.0 Å². The van der Waals surface area contributed by atoms with Gasteiger partial charge in [0.25, 0.3) is 0 Å². The molecule has 7 nitrogen and oxygen atoms in total. The first-order valence-corrected chi connectivity index (χ1v) is 11.7. The van der Waals surface area contributed by atoms with Crippen molar-refractivity contribution >= 4 is 6.03 Å². The number of amides is 2. The molecule has 1 aromatic heterocycles. The Morgan fingerprint density at radius 2 is 2.06 bits per heavy atom. The van der Waals surface area contributed by atoms with Crippen LogP contribution in [0.1, 0.15) is 55.3 Å². The number of hydrazine groups is 1. The number of allylic oxidation sites excluding steroid dienone is 1. The van der Waals surface area contributed by atoms with E-state index in [1.807, 2.05) is 18.0 Å². The van der Waals surface area contributed by atoms with E-state index >= 15 is 0 Å². The fourth-order valence-corrected chi connectivity index (χ4v) is 3.93. The van der Waals surface area contributed by atoms with Gasteiger partial charge in [0.1, 0.15) is 0 Å². The van der Waals surface area contributed by atoms with E-state index in [1.165, 1.54) is 24.5 Å². The van der Waals surface area contributed by atoms with Gasteiger partial charge in [0, 0.05) is 37.2 Å². The first kappa shape index (κ1) is 21.9. The number of halogens is 1. The van der Waals surface area contributed by atoms with Crippen molar-refractivity contribution in [3.05, 3.63) is 70.4 Å². The summed E-state index contributed by atoms with van der Waals surface area (Å²) in [6, 6.07) is 6.99. The van der Waals surface area contributed by atoms with Gasteiger partial charge in [-0.25, -0.2) is 9.18 Å². The number of hydrogen-bond donors (Lipinski definition) is 3. The zero-order valence-electron chi connectivity index (χ0n) is 18.9.